The molecule has 1 rings (SSSR count). The Labute approximate surface area is 121 Å². The topological polar surface area (TPSA) is 62.4 Å². The minimum atomic E-state index is -0.281. The van der Waals surface area contributed by atoms with Crippen LogP contribution in [0.5, 0.6) is 0 Å². The third-order valence-electron chi connectivity index (χ3n) is 2.82. The predicted octanol–water partition coefficient (Wildman–Crippen LogP) is 1.94. The average molecular weight is 331 g/mol. The number of amides is 1. The molecule has 0 bridgehead atoms. The summed E-state index contributed by atoms with van der Waals surface area (Å²) in [5.74, 6) is -0.274. The van der Waals surface area contributed by atoms with Gasteiger partial charge in [0.15, 0.2) is 0 Å². The van der Waals surface area contributed by atoms with E-state index in [-0.39, 0.29) is 16.9 Å². The number of aromatic nitrogens is 1. The van der Waals surface area contributed by atoms with Crippen LogP contribution in [0.1, 0.15) is 29.9 Å². The van der Waals surface area contributed by atoms with Crippen LogP contribution >= 0.6 is 15.9 Å². The summed E-state index contributed by atoms with van der Waals surface area (Å²) in [4.78, 5) is 28.8. The molecule has 0 atom stereocenters. The van der Waals surface area contributed by atoms with Crippen LogP contribution in [0.2, 0.25) is 0 Å². The Morgan fingerprint density at radius 3 is 2.74 bits per heavy atom. The molecule has 1 N–H and O–H groups in total. The lowest BCUT2D eigenvalue weighted by Gasteiger charge is -2.20. The van der Waals surface area contributed by atoms with Gasteiger partial charge in [0.1, 0.15) is 5.56 Å². The molecule has 19 heavy (non-hydrogen) atoms. The van der Waals surface area contributed by atoms with E-state index in [1.54, 1.807) is 11.8 Å². The fourth-order valence-corrected chi connectivity index (χ4v) is 1.98. The number of hydrogen-bond acceptors (Lipinski definition) is 3. The van der Waals surface area contributed by atoms with Crippen molar-refractivity contribution in [2.24, 2.45) is 0 Å². The number of rotatable bonds is 6. The predicted molar refractivity (Wildman–Crippen MR) is 77.6 cm³/mol. The number of carbonyl (C=O) groups excluding carboxylic acids is 1. The van der Waals surface area contributed by atoms with Crippen molar-refractivity contribution in [1.29, 1.82) is 0 Å². The number of aromatic amines is 1. The molecule has 0 fully saturated rings. The molecule has 0 aromatic carbocycles. The smallest absolute Gasteiger partial charge is 0.259 e. The van der Waals surface area contributed by atoms with E-state index >= 15 is 0 Å². The third-order valence-corrected chi connectivity index (χ3v) is 3.77. The molecule has 0 aliphatic carbocycles. The van der Waals surface area contributed by atoms with E-state index < -0.39 is 0 Å². The third kappa shape index (κ3) is 3.91. The summed E-state index contributed by atoms with van der Waals surface area (Å²) in [6.07, 6.45) is 1.47. The van der Waals surface area contributed by atoms with Gasteiger partial charge in [0.05, 0.1) is 11.1 Å². The summed E-state index contributed by atoms with van der Waals surface area (Å²) in [6.45, 7) is 7.65. The van der Waals surface area contributed by atoms with Crippen LogP contribution in [0.25, 0.3) is 0 Å². The van der Waals surface area contributed by atoms with Gasteiger partial charge in [-0.25, -0.2) is 0 Å². The standard InChI is InChI=1S/C13H19BrN2O3/c1-4-16(6-7-19-5-2)13(18)10-8-15-9(3)11(14)12(10)17/h8H,4-7H2,1-3H3,(H,15,17). The van der Waals surface area contributed by atoms with E-state index in [4.69, 9.17) is 4.74 Å². The number of likely N-dealkylation sites (N-methyl/N-ethyl adjacent to an activating group) is 1. The van der Waals surface area contributed by atoms with E-state index in [9.17, 15) is 9.59 Å². The SMILES string of the molecule is CCOCCN(CC)C(=O)c1c[nH]c(C)c(Br)c1=O. The van der Waals surface area contributed by atoms with E-state index in [2.05, 4.69) is 20.9 Å². The van der Waals surface area contributed by atoms with E-state index in [1.807, 2.05) is 13.8 Å². The molecule has 5 nitrogen and oxygen atoms in total. The first-order valence-corrected chi connectivity index (χ1v) is 7.07. The maximum atomic E-state index is 12.3. The number of carbonyl (C=O) groups is 1. The van der Waals surface area contributed by atoms with Crippen LogP contribution < -0.4 is 5.43 Å². The van der Waals surface area contributed by atoms with Gasteiger partial charge in [-0.2, -0.15) is 0 Å². The summed E-state index contributed by atoms with van der Waals surface area (Å²) in [7, 11) is 0. The quantitative estimate of drug-likeness (QED) is 0.811. The van der Waals surface area contributed by atoms with Crippen molar-refractivity contribution in [1.82, 2.24) is 9.88 Å². The molecule has 0 radical (unpaired) electrons. The summed E-state index contributed by atoms with van der Waals surface area (Å²) < 4.78 is 5.64. The molecule has 1 aromatic rings. The Balaban J connectivity index is 2.92. The summed E-state index contributed by atoms with van der Waals surface area (Å²) in [5, 5.41) is 0. The first-order valence-electron chi connectivity index (χ1n) is 6.27. The summed E-state index contributed by atoms with van der Waals surface area (Å²) in [6, 6.07) is 0. The van der Waals surface area contributed by atoms with Gasteiger partial charge in [-0.3, -0.25) is 9.59 Å². The van der Waals surface area contributed by atoms with Gasteiger partial charge < -0.3 is 14.6 Å². The van der Waals surface area contributed by atoms with Gasteiger partial charge in [-0.1, -0.05) is 0 Å². The number of hydrogen-bond donors (Lipinski definition) is 1. The van der Waals surface area contributed by atoms with Crippen molar-refractivity contribution in [3.8, 4) is 0 Å². The molecule has 0 aliphatic rings. The van der Waals surface area contributed by atoms with E-state index in [0.717, 1.165) is 0 Å². The van der Waals surface area contributed by atoms with Crippen LogP contribution in [0, 0.1) is 6.92 Å². The number of nitrogens with one attached hydrogen (secondary N) is 1. The highest BCUT2D eigenvalue weighted by Crippen LogP contribution is 2.10. The molecule has 0 unspecified atom stereocenters. The molecule has 6 heteroatoms. The van der Waals surface area contributed by atoms with Crippen LogP contribution in [-0.4, -0.2) is 42.1 Å². The average Bonchev–Trinajstić information content (AvgIpc) is 2.41. The van der Waals surface area contributed by atoms with Gasteiger partial charge in [-0.05, 0) is 36.7 Å². The van der Waals surface area contributed by atoms with Gasteiger partial charge in [-0.15, -0.1) is 0 Å². The Morgan fingerprint density at radius 1 is 1.47 bits per heavy atom. The lowest BCUT2D eigenvalue weighted by Crippen LogP contribution is -2.36. The number of halogens is 1. The molecular weight excluding hydrogens is 312 g/mol. The minimum absolute atomic E-state index is 0.149. The molecule has 0 saturated carbocycles. The second-order valence-corrected chi connectivity index (χ2v) is 4.85. The van der Waals surface area contributed by atoms with Gasteiger partial charge in [0, 0.05) is 31.6 Å². The Hall–Kier alpha value is -1.14. The number of ether oxygens (including phenoxy) is 1. The van der Waals surface area contributed by atoms with Crippen molar-refractivity contribution in [2.45, 2.75) is 20.8 Å². The van der Waals surface area contributed by atoms with Crippen LogP contribution in [0.4, 0.5) is 0 Å². The zero-order valence-corrected chi connectivity index (χ0v) is 13.0. The maximum Gasteiger partial charge on any atom is 0.259 e. The molecule has 1 aromatic heterocycles. The lowest BCUT2D eigenvalue weighted by atomic mass is 10.2. The van der Waals surface area contributed by atoms with Crippen LogP contribution in [-0.2, 0) is 4.74 Å². The number of nitrogens with zero attached hydrogens (tertiary/aromatic N) is 1. The van der Waals surface area contributed by atoms with Crippen LogP contribution in [0.15, 0.2) is 15.5 Å². The molecule has 1 amide bonds. The molecule has 0 aliphatic heterocycles. The van der Waals surface area contributed by atoms with Gasteiger partial charge in [0.25, 0.3) is 5.91 Å². The van der Waals surface area contributed by atoms with Crippen molar-refractivity contribution in [2.75, 3.05) is 26.3 Å². The number of aryl methyl sites for hydroxylation is 1. The highest BCUT2D eigenvalue weighted by atomic mass is 79.9. The van der Waals surface area contributed by atoms with E-state index in [1.165, 1.54) is 6.20 Å². The molecule has 0 saturated heterocycles. The second-order valence-electron chi connectivity index (χ2n) is 4.05. The summed E-state index contributed by atoms with van der Waals surface area (Å²) in [5.41, 5.74) is 0.575. The molecule has 1 heterocycles. The second kappa shape index (κ2) is 7.45. The first kappa shape index (κ1) is 15.9. The molecule has 0 spiro atoms. The van der Waals surface area contributed by atoms with E-state index in [0.29, 0.717) is 36.5 Å². The molecule has 106 valence electrons. The summed E-state index contributed by atoms with van der Waals surface area (Å²) >= 11 is 3.19. The fourth-order valence-electron chi connectivity index (χ4n) is 1.65. The number of H-pyrrole nitrogens is 1. The first-order chi connectivity index (χ1) is 9.02. The minimum Gasteiger partial charge on any atom is -0.380 e. The van der Waals surface area contributed by atoms with Crippen molar-refractivity contribution in [3.05, 3.63) is 32.2 Å². The van der Waals surface area contributed by atoms with Crippen molar-refractivity contribution >= 4 is 21.8 Å². The Morgan fingerprint density at radius 2 is 2.16 bits per heavy atom. The normalized spacial score (nSPS) is 10.5. The van der Waals surface area contributed by atoms with Gasteiger partial charge in [0.2, 0.25) is 5.43 Å². The molecular formula is C13H19BrN2O3. The lowest BCUT2D eigenvalue weighted by molar-refractivity contribution is 0.0667. The van der Waals surface area contributed by atoms with Gasteiger partial charge >= 0.3 is 0 Å². The Kier molecular flexibility index (Phi) is 6.24. The van der Waals surface area contributed by atoms with Crippen molar-refractivity contribution in [3.63, 3.8) is 0 Å². The van der Waals surface area contributed by atoms with Crippen LogP contribution in [0.3, 0.4) is 0 Å². The Bertz CT molecular complexity index is 499. The fraction of sp³-hybridized carbons (Fsp3) is 0.538. The zero-order chi connectivity index (χ0) is 14.4. The van der Waals surface area contributed by atoms with Crippen molar-refractivity contribution < 1.29 is 9.53 Å². The highest BCUT2D eigenvalue weighted by Gasteiger charge is 2.19. The zero-order valence-electron chi connectivity index (χ0n) is 11.5. The largest absolute Gasteiger partial charge is 0.380 e. The monoisotopic (exact) mass is 330 g/mol. The maximum absolute atomic E-state index is 12.3. The number of pyridine rings is 1. The highest BCUT2D eigenvalue weighted by molar-refractivity contribution is 9.10.